The molecule has 0 aliphatic heterocycles. The summed E-state index contributed by atoms with van der Waals surface area (Å²) in [7, 11) is 0. The van der Waals surface area contributed by atoms with E-state index in [1.165, 1.54) is 11.3 Å². The van der Waals surface area contributed by atoms with Crippen molar-refractivity contribution in [2.24, 2.45) is 0 Å². The van der Waals surface area contributed by atoms with Crippen molar-refractivity contribution < 1.29 is 9.53 Å². The molecule has 0 saturated heterocycles. The van der Waals surface area contributed by atoms with Gasteiger partial charge in [0, 0.05) is 12.4 Å². The Morgan fingerprint density at radius 2 is 1.92 bits per heavy atom. The van der Waals surface area contributed by atoms with E-state index < -0.39 is 0 Å². The van der Waals surface area contributed by atoms with Crippen LogP contribution in [0, 0.1) is 6.92 Å². The van der Waals surface area contributed by atoms with Gasteiger partial charge in [0.15, 0.2) is 5.13 Å². The van der Waals surface area contributed by atoms with Crippen LogP contribution in [0.5, 0.6) is 0 Å². The molecule has 2 aromatic heterocycles. The van der Waals surface area contributed by atoms with Crippen LogP contribution in [0.15, 0.2) is 54.9 Å². The Kier molecular flexibility index (Phi) is 5.30. The summed E-state index contributed by atoms with van der Waals surface area (Å²) in [6.07, 6.45) is 3.48. The minimum Gasteiger partial charge on any atom is -0.367 e. The van der Waals surface area contributed by atoms with E-state index in [9.17, 15) is 4.79 Å². The fourth-order valence-electron chi connectivity index (χ4n) is 2.21. The molecule has 0 unspecified atom stereocenters. The lowest BCUT2D eigenvalue weighted by molar-refractivity contribution is -0.121. The third kappa shape index (κ3) is 4.24. The highest BCUT2D eigenvalue weighted by molar-refractivity contribution is 7.19. The van der Waals surface area contributed by atoms with Crippen molar-refractivity contribution in [3.05, 3.63) is 66.1 Å². The number of carbonyl (C=O) groups is 1. The van der Waals surface area contributed by atoms with Gasteiger partial charge in [-0.25, -0.2) is 4.98 Å². The second-order valence-corrected chi connectivity index (χ2v) is 6.20. The number of aryl methyl sites for hydroxylation is 1. The zero-order valence-electron chi connectivity index (χ0n) is 13.2. The van der Waals surface area contributed by atoms with Crippen LogP contribution in [0.25, 0.3) is 10.4 Å². The highest BCUT2D eigenvalue weighted by atomic mass is 32.1. The highest BCUT2D eigenvalue weighted by Gasteiger charge is 2.12. The minimum atomic E-state index is -0.207. The molecule has 122 valence electrons. The number of carbonyl (C=O) groups excluding carboxylic acids is 1. The van der Waals surface area contributed by atoms with Crippen LogP contribution >= 0.6 is 11.3 Å². The van der Waals surface area contributed by atoms with Gasteiger partial charge in [0.2, 0.25) is 0 Å². The summed E-state index contributed by atoms with van der Waals surface area (Å²) < 4.78 is 5.43. The molecule has 0 fully saturated rings. The summed E-state index contributed by atoms with van der Waals surface area (Å²) in [4.78, 5) is 21.4. The largest absolute Gasteiger partial charge is 0.367 e. The Balaban J connectivity index is 1.55. The number of anilines is 1. The van der Waals surface area contributed by atoms with Crippen LogP contribution in [0.4, 0.5) is 5.13 Å². The van der Waals surface area contributed by atoms with Crippen molar-refractivity contribution in [1.29, 1.82) is 0 Å². The van der Waals surface area contributed by atoms with Crippen LogP contribution in [0.2, 0.25) is 0 Å². The molecule has 1 N–H and O–H groups in total. The van der Waals surface area contributed by atoms with Crippen molar-refractivity contribution in [1.82, 2.24) is 9.97 Å². The van der Waals surface area contributed by atoms with Crippen LogP contribution in [0.1, 0.15) is 11.3 Å². The molecular formula is C18H17N3O2S. The molecule has 1 amide bonds. The lowest BCUT2D eigenvalue weighted by atomic mass is 10.2. The van der Waals surface area contributed by atoms with Gasteiger partial charge in [-0.3, -0.25) is 15.1 Å². The molecule has 0 saturated carbocycles. The Bertz CT molecular complexity index is 804. The second kappa shape index (κ2) is 7.81. The lowest BCUT2D eigenvalue weighted by Gasteiger charge is -2.04. The van der Waals surface area contributed by atoms with Gasteiger partial charge in [0.25, 0.3) is 5.91 Å². The predicted octanol–water partition coefficient (Wildman–Crippen LogP) is 3.67. The Morgan fingerprint density at radius 1 is 1.17 bits per heavy atom. The molecule has 3 rings (SSSR count). The number of amides is 1. The van der Waals surface area contributed by atoms with Crippen molar-refractivity contribution in [3.63, 3.8) is 0 Å². The first-order valence-corrected chi connectivity index (χ1v) is 8.33. The van der Waals surface area contributed by atoms with Crippen molar-refractivity contribution >= 4 is 22.4 Å². The second-order valence-electron chi connectivity index (χ2n) is 5.20. The Labute approximate surface area is 144 Å². The molecule has 0 atom stereocenters. The van der Waals surface area contributed by atoms with Gasteiger partial charge in [-0.15, -0.1) is 0 Å². The van der Waals surface area contributed by atoms with E-state index in [1.54, 1.807) is 12.4 Å². The number of ether oxygens (including phenoxy) is 1. The number of aromatic nitrogens is 2. The minimum absolute atomic E-state index is 0.00187. The van der Waals surface area contributed by atoms with E-state index in [4.69, 9.17) is 4.74 Å². The molecule has 1 aromatic carbocycles. The number of hydrogen-bond acceptors (Lipinski definition) is 5. The van der Waals surface area contributed by atoms with E-state index >= 15 is 0 Å². The van der Waals surface area contributed by atoms with Gasteiger partial charge in [-0.05, 0) is 30.2 Å². The summed E-state index contributed by atoms with van der Waals surface area (Å²) >= 11 is 1.44. The topological polar surface area (TPSA) is 64.1 Å². The molecule has 5 nitrogen and oxygen atoms in total. The molecule has 3 aromatic rings. The number of nitrogens with one attached hydrogen (secondary N) is 1. The summed E-state index contributed by atoms with van der Waals surface area (Å²) in [5.41, 5.74) is 2.96. The average molecular weight is 339 g/mol. The van der Waals surface area contributed by atoms with Crippen molar-refractivity contribution in [3.8, 4) is 10.4 Å². The molecule has 24 heavy (non-hydrogen) atoms. The van der Waals surface area contributed by atoms with Gasteiger partial charge in [-0.1, -0.05) is 41.7 Å². The molecule has 0 radical (unpaired) electrons. The first-order valence-electron chi connectivity index (χ1n) is 7.52. The fraction of sp³-hybridized carbons (Fsp3) is 0.167. The zero-order valence-corrected chi connectivity index (χ0v) is 14.0. The van der Waals surface area contributed by atoms with Gasteiger partial charge < -0.3 is 4.74 Å². The monoisotopic (exact) mass is 339 g/mol. The molecular weight excluding hydrogens is 322 g/mol. The third-order valence-corrected chi connectivity index (χ3v) is 4.45. The van der Waals surface area contributed by atoms with E-state index in [2.05, 4.69) is 15.3 Å². The maximum Gasteiger partial charge on any atom is 0.252 e. The number of benzene rings is 1. The maximum absolute atomic E-state index is 12.0. The molecule has 0 aliphatic carbocycles. The van der Waals surface area contributed by atoms with Crippen LogP contribution in [-0.2, 0) is 16.1 Å². The SMILES string of the molecule is Cc1nc(NC(=O)COCc2ccccc2)sc1-c1ccncc1. The number of rotatable bonds is 6. The molecule has 0 aliphatic rings. The van der Waals surface area contributed by atoms with Gasteiger partial charge >= 0.3 is 0 Å². The first kappa shape index (κ1) is 16.3. The Morgan fingerprint density at radius 3 is 2.67 bits per heavy atom. The summed E-state index contributed by atoms with van der Waals surface area (Å²) in [5.74, 6) is -0.207. The summed E-state index contributed by atoms with van der Waals surface area (Å²) in [5, 5.41) is 3.36. The van der Waals surface area contributed by atoms with Crippen LogP contribution in [0.3, 0.4) is 0 Å². The maximum atomic E-state index is 12.0. The van der Waals surface area contributed by atoms with Gasteiger partial charge in [0.1, 0.15) is 6.61 Å². The fourth-order valence-corrected chi connectivity index (χ4v) is 3.20. The average Bonchev–Trinajstić information content (AvgIpc) is 2.97. The van der Waals surface area contributed by atoms with Gasteiger partial charge in [0.05, 0.1) is 17.2 Å². The van der Waals surface area contributed by atoms with E-state index in [-0.39, 0.29) is 12.5 Å². The lowest BCUT2D eigenvalue weighted by Crippen LogP contribution is -2.18. The highest BCUT2D eigenvalue weighted by Crippen LogP contribution is 2.32. The first-order chi connectivity index (χ1) is 11.7. The van der Waals surface area contributed by atoms with E-state index in [1.807, 2.05) is 49.4 Å². The summed E-state index contributed by atoms with van der Waals surface area (Å²) in [6.45, 7) is 2.33. The smallest absolute Gasteiger partial charge is 0.252 e. The normalized spacial score (nSPS) is 10.5. The third-order valence-electron chi connectivity index (χ3n) is 3.33. The van der Waals surface area contributed by atoms with E-state index in [0.717, 1.165) is 21.7 Å². The quantitative estimate of drug-likeness (QED) is 0.744. The van der Waals surface area contributed by atoms with E-state index in [0.29, 0.717) is 11.7 Å². The number of pyridine rings is 1. The molecule has 2 heterocycles. The van der Waals surface area contributed by atoms with Crippen LogP contribution in [-0.4, -0.2) is 22.5 Å². The number of nitrogens with zero attached hydrogens (tertiary/aromatic N) is 2. The zero-order chi connectivity index (χ0) is 16.8. The van der Waals surface area contributed by atoms with Gasteiger partial charge in [-0.2, -0.15) is 0 Å². The predicted molar refractivity (Wildman–Crippen MR) is 94.8 cm³/mol. The van der Waals surface area contributed by atoms with Crippen molar-refractivity contribution in [2.75, 3.05) is 11.9 Å². The van der Waals surface area contributed by atoms with Crippen LogP contribution < -0.4 is 5.32 Å². The summed E-state index contributed by atoms with van der Waals surface area (Å²) in [6, 6.07) is 13.6. The molecule has 6 heteroatoms. The number of hydrogen-bond donors (Lipinski definition) is 1. The van der Waals surface area contributed by atoms with Crippen molar-refractivity contribution in [2.45, 2.75) is 13.5 Å². The molecule has 0 spiro atoms. The Hall–Kier alpha value is -2.57. The standard InChI is InChI=1S/C18H17N3O2S/c1-13-17(15-7-9-19-10-8-15)24-18(20-13)21-16(22)12-23-11-14-5-3-2-4-6-14/h2-10H,11-12H2,1H3,(H,20,21,22). The number of thiazole rings is 1. The molecule has 0 bridgehead atoms.